The first-order valence-electron chi connectivity index (χ1n) is 20.0. The van der Waals surface area contributed by atoms with Crippen molar-refractivity contribution in [2.75, 3.05) is 13.2 Å². The van der Waals surface area contributed by atoms with Crippen LogP contribution in [-0.2, 0) is 29.1 Å². The Morgan fingerprint density at radius 3 is 2.43 bits per heavy atom. The highest BCUT2D eigenvalue weighted by atomic mass is 32.2. The van der Waals surface area contributed by atoms with Gasteiger partial charge < -0.3 is 29.7 Å². The van der Waals surface area contributed by atoms with Gasteiger partial charge in [-0.2, -0.15) is 0 Å². The summed E-state index contributed by atoms with van der Waals surface area (Å²) in [5.74, 6) is -5.95. The average Bonchev–Trinajstić information content (AvgIpc) is 4.02. The van der Waals surface area contributed by atoms with Crippen LogP contribution in [0.2, 0.25) is 0 Å². The number of aromatic nitrogens is 1. The molecule has 4 aliphatic rings. The smallest absolute Gasteiger partial charge is 0.408 e. The number of carbonyl (C=O) groups excluding carboxylic acids is 4. The molecule has 7 unspecified atom stereocenters. The lowest BCUT2D eigenvalue weighted by molar-refractivity contribution is -0.152. The lowest BCUT2D eigenvalue weighted by atomic mass is 9.88. The highest BCUT2D eigenvalue weighted by molar-refractivity contribution is 7.91. The van der Waals surface area contributed by atoms with E-state index in [1.807, 2.05) is 44.2 Å². The van der Waals surface area contributed by atoms with E-state index in [0.717, 1.165) is 19.2 Å². The summed E-state index contributed by atoms with van der Waals surface area (Å²) in [6.07, 6.45) is 5.76. The van der Waals surface area contributed by atoms with Crippen LogP contribution in [-0.4, -0.2) is 95.3 Å². The first kappa shape index (κ1) is 43.0. The van der Waals surface area contributed by atoms with Gasteiger partial charge in [0.05, 0.1) is 24.1 Å². The third-order valence-corrected chi connectivity index (χ3v) is 14.4. The van der Waals surface area contributed by atoms with Gasteiger partial charge in [0.1, 0.15) is 29.5 Å². The van der Waals surface area contributed by atoms with Gasteiger partial charge in [0.25, 0.3) is 11.8 Å². The van der Waals surface area contributed by atoms with Gasteiger partial charge in [-0.15, -0.1) is 0 Å². The normalized spacial score (nSPS) is 28.9. The summed E-state index contributed by atoms with van der Waals surface area (Å²) in [6.45, 7) is 10.2. The second-order valence-corrected chi connectivity index (χ2v) is 19.5. The number of halogens is 2. The molecule has 3 N–H and O–H groups in total. The summed E-state index contributed by atoms with van der Waals surface area (Å²) in [6, 6.07) is 4.74. The Morgan fingerprint density at radius 2 is 1.78 bits per heavy atom. The van der Waals surface area contributed by atoms with E-state index in [-0.39, 0.29) is 31.2 Å². The third kappa shape index (κ3) is 8.74. The summed E-state index contributed by atoms with van der Waals surface area (Å²) in [5, 5.41) is 6.75. The number of nitrogens with one attached hydrogen (secondary N) is 3. The number of amides is 4. The molecule has 3 fully saturated rings. The number of carbonyl (C=O) groups is 4. The average molecular weight is 832 g/mol. The molecule has 2 saturated carbocycles. The molecule has 2 aliphatic carbocycles. The van der Waals surface area contributed by atoms with Crippen LogP contribution >= 0.6 is 0 Å². The van der Waals surface area contributed by atoms with Crippen molar-refractivity contribution in [1.82, 2.24) is 25.2 Å². The molecular formula is C41H55F2N5O9S. The summed E-state index contributed by atoms with van der Waals surface area (Å²) in [5.41, 5.74) is -3.82. The van der Waals surface area contributed by atoms with Crippen LogP contribution in [0.1, 0.15) is 93.4 Å². The first-order chi connectivity index (χ1) is 27.1. The third-order valence-electron chi connectivity index (χ3n) is 12.2. The zero-order valence-corrected chi connectivity index (χ0v) is 34.9. The lowest BCUT2D eigenvalue weighted by Gasteiger charge is -2.35. The second-order valence-electron chi connectivity index (χ2n) is 17.3. The summed E-state index contributed by atoms with van der Waals surface area (Å²) in [7, 11) is -4.05. The molecule has 1 aromatic heterocycles. The first-order valence-corrected chi connectivity index (χ1v) is 21.5. The van der Waals surface area contributed by atoms with Gasteiger partial charge in [0.15, 0.2) is 5.60 Å². The number of benzene rings is 1. The number of sulfonamides is 1. The maximum atomic E-state index is 14.8. The van der Waals surface area contributed by atoms with E-state index >= 15 is 0 Å². The Bertz CT molecular complexity index is 2070. The van der Waals surface area contributed by atoms with Gasteiger partial charge in [-0.1, -0.05) is 44.2 Å². The summed E-state index contributed by atoms with van der Waals surface area (Å²) >= 11 is 0. The van der Waals surface area contributed by atoms with Crippen LogP contribution in [0.3, 0.4) is 0 Å². The van der Waals surface area contributed by atoms with Crippen molar-refractivity contribution >= 4 is 44.6 Å². The van der Waals surface area contributed by atoms with Crippen LogP contribution in [0.4, 0.5) is 13.6 Å². The van der Waals surface area contributed by atoms with Gasteiger partial charge >= 0.3 is 6.09 Å². The molecule has 17 heteroatoms. The zero-order valence-electron chi connectivity index (χ0n) is 34.1. The van der Waals surface area contributed by atoms with Crippen LogP contribution in [0.5, 0.6) is 11.6 Å². The zero-order chi connectivity index (χ0) is 42.4. The number of hydrogen-bond donors (Lipinski definition) is 3. The molecule has 14 nitrogen and oxygen atoms in total. The summed E-state index contributed by atoms with van der Waals surface area (Å²) < 4.78 is 73.8. The van der Waals surface area contributed by atoms with Crippen LogP contribution in [0.15, 0.2) is 42.6 Å². The van der Waals surface area contributed by atoms with E-state index in [2.05, 4.69) is 20.3 Å². The van der Waals surface area contributed by atoms with Crippen molar-refractivity contribution in [3.05, 3.63) is 42.6 Å². The largest absolute Gasteiger partial charge is 0.492 e. The van der Waals surface area contributed by atoms with Crippen LogP contribution in [0.25, 0.3) is 10.8 Å². The molecule has 58 heavy (non-hydrogen) atoms. The van der Waals surface area contributed by atoms with Gasteiger partial charge in [-0.3, -0.25) is 19.1 Å². The standard InChI is InChI=1S/C41H55F2N5O9S/c1-8-55-31-22-44-34(29-16-12-11-15-28(29)31)56-27-20-30-33(49)46-41(36(51)47-58(53,54)39(6)17-18-39)21-26(41)14-10-9-13-24(2)19-25(3)32(35(50)48(30)23-27)45-37(52)57-38(4,5)40(7,42)43/h10-12,14-16,22,24-27,30,32H,8-9,13,17-21,23H2,1-7H3,(H,45,52)(H,46,49)(H,47,51). The number of ether oxygens (including phenoxy) is 3. The molecule has 0 radical (unpaired) electrons. The fraction of sp³-hybridized carbons (Fsp3) is 0.634. The maximum Gasteiger partial charge on any atom is 0.408 e. The van der Waals surface area contributed by atoms with E-state index in [1.165, 1.54) is 11.1 Å². The van der Waals surface area contributed by atoms with Crippen molar-refractivity contribution in [3.63, 3.8) is 0 Å². The lowest BCUT2D eigenvalue weighted by Crippen LogP contribution is -2.59. The SMILES string of the molecule is CCOc1cnc(OC2CC3C(=O)NC4(C(=O)NS(=O)(=O)C5(C)CC5)CC4C=CCCC(C)CC(C)C(NC(=O)OC(C)(C)C(C)(F)F)C(=O)N3C2)c2ccccc12. The molecule has 0 spiro atoms. The van der Waals surface area contributed by atoms with E-state index in [1.54, 1.807) is 19.9 Å². The number of alkyl carbamates (subject to hydrolysis) is 1. The minimum Gasteiger partial charge on any atom is -0.492 e. The number of rotatable bonds is 10. The Kier molecular flexibility index (Phi) is 11.8. The Morgan fingerprint density at radius 1 is 1.09 bits per heavy atom. The van der Waals surface area contributed by atoms with E-state index in [9.17, 15) is 36.4 Å². The van der Waals surface area contributed by atoms with Crippen LogP contribution < -0.4 is 24.8 Å². The number of pyridine rings is 1. The Hall–Kier alpha value is -4.54. The highest BCUT2D eigenvalue weighted by Gasteiger charge is 2.63. The minimum atomic E-state index is -4.05. The quantitative estimate of drug-likeness (QED) is 0.263. The second kappa shape index (κ2) is 15.9. The Balaban J connectivity index is 1.36. The van der Waals surface area contributed by atoms with Gasteiger partial charge in [0.2, 0.25) is 27.7 Å². The van der Waals surface area contributed by atoms with Crippen LogP contribution in [0, 0.1) is 17.8 Å². The van der Waals surface area contributed by atoms with Gasteiger partial charge in [-0.05, 0) is 84.1 Å². The van der Waals surface area contributed by atoms with Gasteiger partial charge in [0, 0.05) is 30.0 Å². The predicted molar refractivity (Wildman–Crippen MR) is 211 cm³/mol. The number of allylic oxidation sites excluding steroid dienone is 1. The minimum absolute atomic E-state index is 0.0234. The molecule has 3 heterocycles. The number of fused-ring (bicyclic) bond motifs is 3. The van der Waals surface area contributed by atoms with Crippen molar-refractivity contribution in [2.45, 2.75) is 133 Å². The maximum absolute atomic E-state index is 14.8. The van der Waals surface area contributed by atoms with E-state index < -0.39 is 85.7 Å². The molecule has 7 atom stereocenters. The highest BCUT2D eigenvalue weighted by Crippen LogP contribution is 2.48. The van der Waals surface area contributed by atoms with Gasteiger partial charge in [-0.25, -0.2) is 27.0 Å². The molecule has 1 aromatic carbocycles. The van der Waals surface area contributed by atoms with E-state index in [0.29, 0.717) is 56.8 Å². The molecule has 2 aromatic rings. The van der Waals surface area contributed by atoms with Crippen molar-refractivity contribution < 1.29 is 50.6 Å². The molecule has 318 valence electrons. The summed E-state index contributed by atoms with van der Waals surface area (Å²) in [4.78, 5) is 62.4. The molecule has 0 bridgehead atoms. The number of alkyl halides is 2. The molecule has 4 amide bonds. The monoisotopic (exact) mass is 831 g/mol. The number of nitrogens with zero attached hydrogens (tertiary/aromatic N) is 2. The molecule has 2 aliphatic heterocycles. The van der Waals surface area contributed by atoms with E-state index in [4.69, 9.17) is 14.2 Å². The number of hydrogen-bond acceptors (Lipinski definition) is 10. The Labute approximate surface area is 338 Å². The topological polar surface area (TPSA) is 182 Å². The predicted octanol–water partition coefficient (Wildman–Crippen LogP) is 5.40. The fourth-order valence-electron chi connectivity index (χ4n) is 7.74. The van der Waals surface area contributed by atoms with Crippen molar-refractivity contribution in [1.29, 1.82) is 0 Å². The molecule has 1 saturated heterocycles. The van der Waals surface area contributed by atoms with Crippen molar-refractivity contribution in [2.24, 2.45) is 17.8 Å². The van der Waals surface area contributed by atoms with Crippen molar-refractivity contribution in [3.8, 4) is 11.6 Å². The molecule has 6 rings (SSSR count). The fourth-order valence-corrected chi connectivity index (χ4v) is 9.05. The molecular weight excluding hydrogens is 777 g/mol.